The second-order valence-electron chi connectivity index (χ2n) is 7.60. The van der Waals surface area contributed by atoms with Crippen molar-refractivity contribution in [3.63, 3.8) is 0 Å². The Balaban J connectivity index is 2.04. The molecule has 2 aromatic rings. The van der Waals surface area contributed by atoms with E-state index in [9.17, 15) is 31.5 Å². The molecule has 2 atom stereocenters. The first-order valence-corrected chi connectivity index (χ1v) is 11.0. The van der Waals surface area contributed by atoms with Crippen LogP contribution in [-0.2, 0) is 9.59 Å². The molecule has 0 saturated heterocycles. The van der Waals surface area contributed by atoms with Crippen molar-refractivity contribution in [1.29, 1.82) is 0 Å². The fraction of sp³-hybridized carbons (Fsp3) is 0.429. The number of halogens is 7. The molecule has 0 bridgehead atoms. The van der Waals surface area contributed by atoms with Gasteiger partial charge in [0.25, 0.3) is 11.5 Å². The monoisotopic (exact) mass is 541 g/mol. The number of rotatable bonds is 8. The summed E-state index contributed by atoms with van der Waals surface area (Å²) in [5.41, 5.74) is -7.36. The number of alkyl halides is 7. The van der Waals surface area contributed by atoms with Crippen LogP contribution in [0, 0.1) is 0 Å². The van der Waals surface area contributed by atoms with Crippen molar-refractivity contribution in [3.05, 3.63) is 48.5 Å². The Bertz CT molecular complexity index is 1070. The van der Waals surface area contributed by atoms with Crippen molar-refractivity contribution in [1.82, 2.24) is 15.3 Å². The zero-order chi connectivity index (χ0) is 26.7. The quantitative estimate of drug-likeness (QED) is 0.377. The van der Waals surface area contributed by atoms with Crippen LogP contribution in [-0.4, -0.2) is 44.9 Å². The van der Waals surface area contributed by atoms with Crippen molar-refractivity contribution in [2.45, 2.75) is 54.9 Å². The van der Waals surface area contributed by atoms with Crippen LogP contribution < -0.4 is 15.0 Å². The Labute approximate surface area is 208 Å². The van der Waals surface area contributed by atoms with Crippen molar-refractivity contribution in [3.8, 4) is 5.75 Å². The SMILES string of the molecule is [2H][C@@](C(=O)NC1CCC(F)(F)CC1)(c1cncnc1)N(C(=O)[C@H](F)Cl)c1ccc(OC(F)(F)Cl)cc1. The molecule has 1 N–H and O–H groups in total. The van der Waals surface area contributed by atoms with E-state index in [0.29, 0.717) is 4.90 Å². The van der Waals surface area contributed by atoms with Crippen LogP contribution in [0.4, 0.5) is 27.6 Å². The Morgan fingerprint density at radius 2 is 1.77 bits per heavy atom. The Morgan fingerprint density at radius 1 is 1.20 bits per heavy atom. The van der Waals surface area contributed by atoms with Gasteiger partial charge in [0.1, 0.15) is 18.1 Å². The molecule has 1 aromatic heterocycles. The predicted octanol–water partition coefficient (Wildman–Crippen LogP) is 4.95. The first-order valence-electron chi connectivity index (χ1n) is 10.7. The lowest BCUT2D eigenvalue weighted by Gasteiger charge is -2.34. The first-order chi connectivity index (χ1) is 16.7. The number of ether oxygens (including phenoxy) is 1. The molecule has 3 rings (SSSR count). The third-order valence-corrected chi connectivity index (χ3v) is 5.32. The highest BCUT2D eigenvalue weighted by Gasteiger charge is 2.40. The van der Waals surface area contributed by atoms with Gasteiger partial charge in [-0.15, -0.1) is 8.78 Å². The molecule has 0 spiro atoms. The number of benzene rings is 1. The molecule has 1 aromatic carbocycles. The maximum atomic E-state index is 14.1. The van der Waals surface area contributed by atoms with Gasteiger partial charge < -0.3 is 10.1 Å². The minimum atomic E-state index is -4.05. The van der Waals surface area contributed by atoms with Crippen molar-refractivity contribution in [2.75, 3.05) is 4.90 Å². The molecule has 35 heavy (non-hydrogen) atoms. The van der Waals surface area contributed by atoms with Crippen molar-refractivity contribution >= 4 is 40.7 Å². The molecule has 2 amide bonds. The molecule has 1 saturated carbocycles. The molecule has 7 nitrogen and oxygen atoms in total. The lowest BCUT2D eigenvalue weighted by molar-refractivity contribution is -0.128. The second-order valence-corrected chi connectivity index (χ2v) is 8.42. The fourth-order valence-corrected chi connectivity index (χ4v) is 3.67. The summed E-state index contributed by atoms with van der Waals surface area (Å²) in [6.07, 6.45) is 1.93. The number of carbonyl (C=O) groups is 2. The van der Waals surface area contributed by atoms with Gasteiger partial charge in [-0.1, -0.05) is 11.6 Å². The van der Waals surface area contributed by atoms with Crippen molar-refractivity contribution < 1.29 is 37.6 Å². The van der Waals surface area contributed by atoms with Crippen LogP contribution in [0.2, 0.25) is 0 Å². The highest BCUT2D eigenvalue weighted by atomic mass is 35.5. The van der Waals surface area contributed by atoms with Gasteiger partial charge in [-0.3, -0.25) is 14.5 Å². The minimum absolute atomic E-state index is 0.103. The van der Waals surface area contributed by atoms with Gasteiger partial charge in [0, 0.05) is 54.1 Å². The zero-order valence-corrected chi connectivity index (χ0v) is 19.2. The number of nitrogens with one attached hydrogen (secondary N) is 1. The molecule has 0 aliphatic heterocycles. The summed E-state index contributed by atoms with van der Waals surface area (Å²) in [5.74, 6) is -6.05. The zero-order valence-electron chi connectivity index (χ0n) is 18.7. The predicted molar refractivity (Wildman–Crippen MR) is 116 cm³/mol. The van der Waals surface area contributed by atoms with Gasteiger partial charge in [0.15, 0.2) is 0 Å². The summed E-state index contributed by atoms with van der Waals surface area (Å²) in [6.45, 7) is 0. The van der Waals surface area contributed by atoms with Gasteiger partial charge in [-0.2, -0.15) is 0 Å². The highest BCUT2D eigenvalue weighted by molar-refractivity contribution is 6.32. The molecule has 1 heterocycles. The molecule has 14 heteroatoms. The molecule has 1 aliphatic rings. The number of amides is 2. The van der Waals surface area contributed by atoms with E-state index in [1.807, 2.05) is 0 Å². The summed E-state index contributed by atoms with van der Waals surface area (Å²) in [7, 11) is 0. The van der Waals surface area contributed by atoms with Crippen LogP contribution in [0.25, 0.3) is 0 Å². The van der Waals surface area contributed by atoms with Crippen LogP contribution in [0.1, 0.15) is 38.6 Å². The van der Waals surface area contributed by atoms with Gasteiger partial charge in [0.05, 0.1) is 1.37 Å². The summed E-state index contributed by atoms with van der Waals surface area (Å²) < 4.78 is 80.4. The number of aromatic nitrogens is 2. The highest BCUT2D eigenvalue weighted by Crippen LogP contribution is 2.35. The third-order valence-electron chi connectivity index (χ3n) is 5.06. The number of anilines is 1. The van der Waals surface area contributed by atoms with E-state index in [0.717, 1.165) is 43.0 Å². The smallest absolute Gasteiger partial charge is 0.420 e. The van der Waals surface area contributed by atoms with Gasteiger partial charge in [0.2, 0.25) is 11.8 Å². The van der Waals surface area contributed by atoms with Crippen LogP contribution in [0.3, 0.4) is 0 Å². The number of hydrogen-bond donors (Lipinski definition) is 1. The fourth-order valence-electron chi connectivity index (χ4n) is 3.48. The number of hydrogen-bond acceptors (Lipinski definition) is 5. The molecule has 0 radical (unpaired) electrons. The topological polar surface area (TPSA) is 84.4 Å². The van der Waals surface area contributed by atoms with Crippen LogP contribution >= 0.6 is 23.2 Å². The largest absolute Gasteiger partial charge is 0.487 e. The summed E-state index contributed by atoms with van der Waals surface area (Å²) in [4.78, 5) is 34.2. The molecule has 1 aliphatic carbocycles. The average molecular weight is 542 g/mol. The summed E-state index contributed by atoms with van der Waals surface area (Å²) in [6, 6.07) is 0.332. The maximum Gasteiger partial charge on any atom is 0.487 e. The van der Waals surface area contributed by atoms with E-state index in [1.54, 1.807) is 0 Å². The van der Waals surface area contributed by atoms with Gasteiger partial charge in [-0.25, -0.2) is 23.1 Å². The molecule has 190 valence electrons. The Kier molecular flexibility index (Phi) is 7.90. The van der Waals surface area contributed by atoms with E-state index in [4.69, 9.17) is 24.6 Å². The Hall–Kier alpha value is -2.73. The van der Waals surface area contributed by atoms with Crippen molar-refractivity contribution in [2.24, 2.45) is 0 Å². The number of nitrogens with zero attached hydrogens (tertiary/aromatic N) is 3. The van der Waals surface area contributed by atoms with E-state index >= 15 is 0 Å². The molecule has 0 unspecified atom stereocenters. The van der Waals surface area contributed by atoms with E-state index in [2.05, 4.69) is 20.0 Å². The van der Waals surface area contributed by atoms with E-state index in [-0.39, 0.29) is 24.1 Å². The normalized spacial score (nSPS) is 19.1. The summed E-state index contributed by atoms with van der Waals surface area (Å²) in [5, 5.41) is 2.47. The van der Waals surface area contributed by atoms with Crippen LogP contribution in [0.5, 0.6) is 5.75 Å². The first kappa shape index (κ1) is 25.4. The molecule has 1 fully saturated rings. The Morgan fingerprint density at radius 3 is 2.29 bits per heavy atom. The lowest BCUT2D eigenvalue weighted by atomic mass is 9.92. The minimum Gasteiger partial charge on any atom is -0.420 e. The average Bonchev–Trinajstić information content (AvgIpc) is 2.81. The standard InChI is InChI=1S/C21H19Cl2F5N4O3/c22-17(24)19(34)32(14-1-3-15(4-2-14)35-21(23,27)28)16(12-9-29-11-30-10-12)18(33)31-13-5-7-20(25,26)8-6-13/h1-4,9-11,13,16-17H,5-8H2,(H,31,33)/t16-,17-/m0/s1/i16D. The van der Waals surface area contributed by atoms with Gasteiger partial charge in [-0.05, 0) is 37.1 Å². The number of carbonyl (C=O) groups excluding carboxylic acids is 2. The second kappa shape index (κ2) is 10.9. The maximum absolute atomic E-state index is 14.1. The third kappa shape index (κ3) is 7.38. The summed E-state index contributed by atoms with van der Waals surface area (Å²) >= 11 is 10.1. The van der Waals surface area contributed by atoms with Crippen LogP contribution in [0.15, 0.2) is 43.0 Å². The van der Waals surface area contributed by atoms with E-state index in [1.165, 1.54) is 0 Å². The van der Waals surface area contributed by atoms with E-state index < -0.39 is 59.6 Å². The molecular weight excluding hydrogens is 522 g/mol. The van der Waals surface area contributed by atoms with Gasteiger partial charge >= 0.3 is 5.57 Å². The molecular formula is C21H19Cl2F5N4O3. The lowest BCUT2D eigenvalue weighted by Crippen LogP contribution is -2.49.